The monoisotopic (exact) mass is 306 g/mol. The molecule has 1 saturated heterocycles. The number of carbonyl (C=O) groups excluding carboxylic acids is 1. The van der Waals surface area contributed by atoms with Gasteiger partial charge in [-0.3, -0.25) is 9.69 Å². The van der Waals surface area contributed by atoms with Crippen LogP contribution in [0, 0.1) is 6.92 Å². The Balaban J connectivity index is 1.99. The van der Waals surface area contributed by atoms with Crippen molar-refractivity contribution in [2.24, 2.45) is 0 Å². The molecule has 122 valence electrons. The molecule has 5 nitrogen and oxygen atoms in total. The van der Waals surface area contributed by atoms with Crippen LogP contribution in [0.15, 0.2) is 18.2 Å². The van der Waals surface area contributed by atoms with Crippen LogP contribution in [0.25, 0.3) is 0 Å². The van der Waals surface area contributed by atoms with Crippen molar-refractivity contribution in [3.8, 4) is 5.75 Å². The Kier molecular flexibility index (Phi) is 5.80. The minimum Gasteiger partial charge on any atom is -0.496 e. The van der Waals surface area contributed by atoms with Crippen molar-refractivity contribution >= 4 is 5.91 Å². The van der Waals surface area contributed by atoms with Crippen LogP contribution in [0.2, 0.25) is 0 Å². The fourth-order valence-electron chi connectivity index (χ4n) is 2.72. The third-order valence-electron chi connectivity index (χ3n) is 4.19. The first-order valence-corrected chi connectivity index (χ1v) is 7.89. The summed E-state index contributed by atoms with van der Waals surface area (Å²) in [6.45, 7) is 7.62. The van der Waals surface area contributed by atoms with E-state index in [1.165, 1.54) is 0 Å². The maximum atomic E-state index is 12.7. The lowest BCUT2D eigenvalue weighted by Gasteiger charge is -2.35. The first kappa shape index (κ1) is 16.8. The number of ether oxygens (including phenoxy) is 1. The highest BCUT2D eigenvalue weighted by molar-refractivity contribution is 5.97. The van der Waals surface area contributed by atoms with E-state index >= 15 is 0 Å². The standard InChI is InChI=1S/C17H26N2O3/c1-4-14(20)12-18-7-9-19(10-8-18)17(21)15-11-13(2)5-6-16(15)22-3/h5-6,11,14,20H,4,7-10,12H2,1-3H3/t14-/m0/s1. The lowest BCUT2D eigenvalue weighted by Crippen LogP contribution is -2.50. The van der Waals surface area contributed by atoms with E-state index < -0.39 is 0 Å². The molecule has 1 heterocycles. The number of piperazine rings is 1. The van der Waals surface area contributed by atoms with E-state index in [0.29, 0.717) is 30.9 Å². The van der Waals surface area contributed by atoms with Crippen LogP contribution in [-0.2, 0) is 0 Å². The Labute approximate surface area is 132 Å². The normalized spacial score (nSPS) is 17.4. The van der Waals surface area contributed by atoms with Gasteiger partial charge in [-0.15, -0.1) is 0 Å². The Hall–Kier alpha value is -1.59. The molecule has 0 radical (unpaired) electrons. The number of hydrogen-bond acceptors (Lipinski definition) is 4. The maximum Gasteiger partial charge on any atom is 0.257 e. The van der Waals surface area contributed by atoms with E-state index in [4.69, 9.17) is 4.74 Å². The van der Waals surface area contributed by atoms with E-state index in [1.807, 2.05) is 36.9 Å². The minimum absolute atomic E-state index is 0.0243. The van der Waals surface area contributed by atoms with Crippen LogP contribution in [-0.4, -0.2) is 66.8 Å². The van der Waals surface area contributed by atoms with Crippen molar-refractivity contribution in [1.82, 2.24) is 9.80 Å². The number of rotatable bonds is 5. The van der Waals surface area contributed by atoms with Gasteiger partial charge in [-0.05, 0) is 25.5 Å². The fraction of sp³-hybridized carbons (Fsp3) is 0.588. The van der Waals surface area contributed by atoms with Gasteiger partial charge in [-0.25, -0.2) is 0 Å². The zero-order chi connectivity index (χ0) is 16.1. The van der Waals surface area contributed by atoms with Gasteiger partial charge in [-0.1, -0.05) is 18.6 Å². The summed E-state index contributed by atoms with van der Waals surface area (Å²) in [6.07, 6.45) is 0.485. The van der Waals surface area contributed by atoms with Gasteiger partial charge in [0.15, 0.2) is 0 Å². The quantitative estimate of drug-likeness (QED) is 0.896. The van der Waals surface area contributed by atoms with Gasteiger partial charge in [-0.2, -0.15) is 0 Å². The molecule has 1 amide bonds. The number of aryl methyl sites for hydroxylation is 1. The molecule has 0 saturated carbocycles. The van der Waals surface area contributed by atoms with Crippen LogP contribution in [0.5, 0.6) is 5.75 Å². The van der Waals surface area contributed by atoms with Crippen LogP contribution < -0.4 is 4.74 Å². The zero-order valence-electron chi connectivity index (χ0n) is 13.7. The van der Waals surface area contributed by atoms with E-state index in [1.54, 1.807) is 7.11 Å². The van der Waals surface area contributed by atoms with Gasteiger partial charge in [0.2, 0.25) is 0 Å². The molecule has 1 aromatic rings. The van der Waals surface area contributed by atoms with Gasteiger partial charge in [0.25, 0.3) is 5.91 Å². The number of β-amino-alcohol motifs (C(OH)–C–C–N with tert-alkyl or cyclic N) is 1. The molecule has 22 heavy (non-hydrogen) atoms. The lowest BCUT2D eigenvalue weighted by atomic mass is 10.1. The van der Waals surface area contributed by atoms with Gasteiger partial charge < -0.3 is 14.7 Å². The van der Waals surface area contributed by atoms with E-state index in [-0.39, 0.29) is 12.0 Å². The molecule has 0 unspecified atom stereocenters. The molecule has 0 aliphatic carbocycles. The molecule has 2 rings (SSSR count). The maximum absolute atomic E-state index is 12.7. The zero-order valence-corrected chi connectivity index (χ0v) is 13.7. The smallest absolute Gasteiger partial charge is 0.257 e. The number of hydrogen-bond donors (Lipinski definition) is 1. The largest absolute Gasteiger partial charge is 0.496 e. The van der Waals surface area contributed by atoms with Crippen molar-refractivity contribution in [3.05, 3.63) is 29.3 Å². The average Bonchev–Trinajstić information content (AvgIpc) is 2.54. The molecule has 0 spiro atoms. The van der Waals surface area contributed by atoms with Gasteiger partial charge in [0.05, 0.1) is 18.8 Å². The first-order valence-electron chi connectivity index (χ1n) is 7.89. The fourth-order valence-corrected chi connectivity index (χ4v) is 2.72. The summed E-state index contributed by atoms with van der Waals surface area (Å²) in [5.41, 5.74) is 1.68. The SMILES string of the molecule is CC[C@H](O)CN1CCN(C(=O)c2cc(C)ccc2OC)CC1. The van der Waals surface area contributed by atoms with Crippen LogP contribution >= 0.6 is 0 Å². The Morgan fingerprint density at radius 2 is 2.00 bits per heavy atom. The first-order chi connectivity index (χ1) is 10.5. The molecule has 1 aliphatic heterocycles. The summed E-state index contributed by atoms with van der Waals surface area (Å²) >= 11 is 0. The summed E-state index contributed by atoms with van der Waals surface area (Å²) in [5.74, 6) is 0.649. The van der Waals surface area contributed by atoms with Crippen molar-refractivity contribution in [2.45, 2.75) is 26.4 Å². The van der Waals surface area contributed by atoms with E-state index in [0.717, 1.165) is 25.1 Å². The molecule has 1 aliphatic rings. The molecular weight excluding hydrogens is 280 g/mol. The van der Waals surface area contributed by atoms with Gasteiger partial charge in [0, 0.05) is 32.7 Å². The highest BCUT2D eigenvalue weighted by Crippen LogP contribution is 2.22. The molecule has 0 bridgehead atoms. The summed E-state index contributed by atoms with van der Waals surface area (Å²) < 4.78 is 5.31. The Morgan fingerprint density at radius 1 is 1.32 bits per heavy atom. The molecule has 1 atom stereocenters. The number of aliphatic hydroxyl groups is 1. The Morgan fingerprint density at radius 3 is 2.59 bits per heavy atom. The van der Waals surface area contributed by atoms with Crippen molar-refractivity contribution in [3.63, 3.8) is 0 Å². The Bertz CT molecular complexity index is 511. The lowest BCUT2D eigenvalue weighted by molar-refractivity contribution is 0.0521. The summed E-state index contributed by atoms with van der Waals surface area (Å²) in [5, 5.41) is 9.72. The summed E-state index contributed by atoms with van der Waals surface area (Å²) in [6, 6.07) is 5.67. The second kappa shape index (κ2) is 7.61. The van der Waals surface area contributed by atoms with Crippen LogP contribution in [0.4, 0.5) is 0 Å². The molecular formula is C17H26N2O3. The minimum atomic E-state index is -0.279. The number of aliphatic hydroxyl groups excluding tert-OH is 1. The highest BCUT2D eigenvalue weighted by atomic mass is 16.5. The van der Waals surface area contributed by atoms with Crippen LogP contribution in [0.3, 0.4) is 0 Å². The van der Waals surface area contributed by atoms with Crippen molar-refractivity contribution < 1.29 is 14.6 Å². The second-order valence-electron chi connectivity index (χ2n) is 5.86. The molecule has 1 fully saturated rings. The summed E-state index contributed by atoms with van der Waals surface area (Å²) in [4.78, 5) is 16.8. The number of amides is 1. The molecule has 5 heteroatoms. The predicted octanol–water partition coefficient (Wildman–Crippen LogP) is 1.53. The average molecular weight is 306 g/mol. The number of nitrogens with zero attached hydrogens (tertiary/aromatic N) is 2. The molecule has 1 N–H and O–H groups in total. The van der Waals surface area contributed by atoms with E-state index in [9.17, 15) is 9.90 Å². The van der Waals surface area contributed by atoms with E-state index in [2.05, 4.69) is 4.90 Å². The predicted molar refractivity (Wildman–Crippen MR) is 86.4 cm³/mol. The topological polar surface area (TPSA) is 53.0 Å². The number of carbonyl (C=O) groups is 1. The third-order valence-corrected chi connectivity index (χ3v) is 4.19. The highest BCUT2D eigenvalue weighted by Gasteiger charge is 2.25. The van der Waals surface area contributed by atoms with Crippen molar-refractivity contribution in [1.29, 1.82) is 0 Å². The van der Waals surface area contributed by atoms with Gasteiger partial charge >= 0.3 is 0 Å². The second-order valence-corrected chi connectivity index (χ2v) is 5.86. The van der Waals surface area contributed by atoms with Crippen molar-refractivity contribution in [2.75, 3.05) is 39.8 Å². The van der Waals surface area contributed by atoms with Gasteiger partial charge in [0.1, 0.15) is 5.75 Å². The number of methoxy groups -OCH3 is 1. The third kappa shape index (κ3) is 3.99. The molecule has 1 aromatic carbocycles. The molecule has 0 aromatic heterocycles. The van der Waals surface area contributed by atoms with Crippen LogP contribution in [0.1, 0.15) is 29.3 Å². The number of benzene rings is 1. The summed E-state index contributed by atoms with van der Waals surface area (Å²) in [7, 11) is 1.59.